The molecule has 0 spiro atoms. The molecule has 6 nitrogen and oxygen atoms in total. The van der Waals surface area contributed by atoms with Crippen molar-refractivity contribution in [3.05, 3.63) is 46.5 Å². The molecule has 0 unspecified atom stereocenters. The fourth-order valence-corrected chi connectivity index (χ4v) is 3.41. The Morgan fingerprint density at radius 3 is 2.42 bits per heavy atom. The van der Waals surface area contributed by atoms with Crippen LogP contribution in [0.5, 0.6) is 0 Å². The topological polar surface area (TPSA) is 94.9 Å². The lowest BCUT2D eigenvalue weighted by atomic mass is 9.76. The second kappa shape index (κ2) is 7.59. The third-order valence-corrected chi connectivity index (χ3v) is 4.39. The van der Waals surface area contributed by atoms with E-state index in [4.69, 9.17) is 21.8 Å². The second-order valence-electron chi connectivity index (χ2n) is 5.96. The number of aliphatic carboxylic acids is 2. The highest BCUT2D eigenvalue weighted by atomic mass is 35.5. The molecule has 1 aromatic rings. The number of nitrogens with zero attached hydrogens (tertiary/aromatic N) is 1. The zero-order chi connectivity index (χ0) is 17.9. The largest absolute Gasteiger partial charge is 0.478 e. The molecule has 1 aliphatic carbocycles. The van der Waals surface area contributed by atoms with Crippen LogP contribution in [0, 0.1) is 5.92 Å². The predicted molar refractivity (Wildman–Crippen MR) is 88.5 cm³/mol. The van der Waals surface area contributed by atoms with E-state index >= 15 is 0 Å². The number of carboxylic acids is 2. The van der Waals surface area contributed by atoms with E-state index in [1.165, 1.54) is 0 Å². The van der Waals surface area contributed by atoms with Crippen molar-refractivity contribution in [3.8, 4) is 0 Å². The van der Waals surface area contributed by atoms with Crippen LogP contribution in [0.25, 0.3) is 0 Å². The summed E-state index contributed by atoms with van der Waals surface area (Å²) in [6.07, 6.45) is 1.81. The number of carbonyl (C=O) groups excluding carboxylic acids is 1. The highest BCUT2D eigenvalue weighted by Crippen LogP contribution is 2.41. The van der Waals surface area contributed by atoms with E-state index < -0.39 is 11.9 Å². The summed E-state index contributed by atoms with van der Waals surface area (Å²) in [5.74, 6) is -1.25. The summed E-state index contributed by atoms with van der Waals surface area (Å²) in [6, 6.07) is 5.68. The summed E-state index contributed by atoms with van der Waals surface area (Å²) in [5.41, 5.74) is 2.05. The van der Waals surface area contributed by atoms with Crippen LogP contribution in [-0.2, 0) is 9.59 Å². The van der Waals surface area contributed by atoms with Gasteiger partial charge in [-0.25, -0.2) is 9.59 Å². The van der Waals surface area contributed by atoms with Crippen molar-refractivity contribution in [2.24, 2.45) is 5.92 Å². The number of Topliss-reactive ketones (excluding diaryl/α,β-unsaturated/α-hetero) is 1. The summed E-state index contributed by atoms with van der Waals surface area (Å²) in [7, 11) is 2.12. The maximum atomic E-state index is 12.0. The van der Waals surface area contributed by atoms with Crippen molar-refractivity contribution < 1.29 is 24.6 Å². The summed E-state index contributed by atoms with van der Waals surface area (Å²) >= 11 is 6.03. The molecule has 128 valence electrons. The predicted octanol–water partition coefficient (Wildman–Crippen LogP) is 2.28. The van der Waals surface area contributed by atoms with Gasteiger partial charge in [0.2, 0.25) is 0 Å². The van der Waals surface area contributed by atoms with Crippen molar-refractivity contribution in [2.45, 2.75) is 12.3 Å². The smallest absolute Gasteiger partial charge is 0.328 e. The zero-order valence-corrected chi connectivity index (χ0v) is 13.9. The first kappa shape index (κ1) is 18.2. The van der Waals surface area contributed by atoms with Gasteiger partial charge in [0.05, 0.1) is 0 Å². The Kier molecular flexibility index (Phi) is 5.75. The second-order valence-corrected chi connectivity index (χ2v) is 6.39. The Labute approximate surface area is 144 Å². The van der Waals surface area contributed by atoms with Crippen molar-refractivity contribution in [3.63, 3.8) is 0 Å². The van der Waals surface area contributed by atoms with Crippen LogP contribution in [0.15, 0.2) is 30.4 Å². The standard InChI is InChI=1S/C13H14ClNO.C4H4O4/c1-15-6-8-4-13(16)10-3-2-9(14)5-11(10)12(8)7-15;5-3(6)1-2-4(7)8/h2-3,5,8,12H,4,6-7H2,1H3;1-2H,(H,5,6)(H,7,8)/b;2-1+/t8-,12+;/m1./s1. The van der Waals surface area contributed by atoms with Gasteiger partial charge in [0.25, 0.3) is 0 Å². The molecule has 2 N–H and O–H groups in total. The molecule has 1 saturated heterocycles. The number of benzene rings is 1. The van der Waals surface area contributed by atoms with Gasteiger partial charge < -0.3 is 15.1 Å². The van der Waals surface area contributed by atoms with E-state index in [-0.39, 0.29) is 5.78 Å². The Bertz CT molecular complexity index is 684. The number of likely N-dealkylation sites (N-methyl/N-ethyl adjacent to an activating group) is 1. The molecule has 0 radical (unpaired) electrons. The van der Waals surface area contributed by atoms with Crippen LogP contribution in [0.4, 0.5) is 0 Å². The van der Waals surface area contributed by atoms with Gasteiger partial charge in [0.15, 0.2) is 5.78 Å². The Morgan fingerprint density at radius 2 is 1.83 bits per heavy atom. The lowest BCUT2D eigenvalue weighted by Crippen LogP contribution is -2.23. The molecule has 24 heavy (non-hydrogen) atoms. The van der Waals surface area contributed by atoms with E-state index in [0.717, 1.165) is 29.2 Å². The number of hydrogen-bond donors (Lipinski definition) is 2. The molecule has 1 aliphatic heterocycles. The van der Waals surface area contributed by atoms with Gasteiger partial charge in [-0.2, -0.15) is 0 Å². The average molecular weight is 352 g/mol. The maximum absolute atomic E-state index is 12.0. The van der Waals surface area contributed by atoms with Gasteiger partial charge in [-0.05, 0) is 36.7 Å². The maximum Gasteiger partial charge on any atom is 0.328 e. The number of halogens is 1. The van der Waals surface area contributed by atoms with Gasteiger partial charge in [-0.3, -0.25) is 4.79 Å². The molecule has 3 rings (SSSR count). The Hall–Kier alpha value is -2.18. The lowest BCUT2D eigenvalue weighted by Gasteiger charge is -2.26. The van der Waals surface area contributed by atoms with Gasteiger partial charge in [-0.15, -0.1) is 0 Å². The van der Waals surface area contributed by atoms with Crippen LogP contribution < -0.4 is 0 Å². The lowest BCUT2D eigenvalue weighted by molar-refractivity contribution is -0.134. The van der Waals surface area contributed by atoms with Crippen molar-refractivity contribution >= 4 is 29.3 Å². The van der Waals surface area contributed by atoms with Crippen molar-refractivity contribution in [1.29, 1.82) is 0 Å². The van der Waals surface area contributed by atoms with Crippen molar-refractivity contribution in [2.75, 3.05) is 20.1 Å². The quantitative estimate of drug-likeness (QED) is 0.794. The molecule has 7 heteroatoms. The minimum Gasteiger partial charge on any atom is -0.478 e. The number of hydrogen-bond acceptors (Lipinski definition) is 4. The van der Waals surface area contributed by atoms with Gasteiger partial charge in [0.1, 0.15) is 0 Å². The van der Waals surface area contributed by atoms with Gasteiger partial charge >= 0.3 is 11.9 Å². The molecule has 0 aromatic heterocycles. The number of carbonyl (C=O) groups is 3. The fraction of sp³-hybridized carbons (Fsp3) is 0.353. The number of likely N-dealkylation sites (tertiary alicyclic amines) is 1. The number of ketones is 1. The molecular weight excluding hydrogens is 334 g/mol. The van der Waals surface area contributed by atoms with Gasteiger partial charge in [0, 0.05) is 48.2 Å². The first-order valence-electron chi connectivity index (χ1n) is 7.43. The molecule has 2 aliphatic rings. The summed E-state index contributed by atoms with van der Waals surface area (Å²) in [5, 5.41) is 16.4. The van der Waals surface area contributed by atoms with Crippen LogP contribution >= 0.6 is 11.6 Å². The summed E-state index contributed by atoms with van der Waals surface area (Å²) in [4.78, 5) is 33.4. The summed E-state index contributed by atoms with van der Waals surface area (Å²) in [6.45, 7) is 2.08. The Morgan fingerprint density at radius 1 is 1.21 bits per heavy atom. The van der Waals surface area contributed by atoms with Crippen LogP contribution in [0.1, 0.15) is 28.3 Å². The zero-order valence-electron chi connectivity index (χ0n) is 13.1. The molecular formula is C17H18ClNO5. The molecule has 1 heterocycles. The minimum atomic E-state index is -1.26. The average Bonchev–Trinajstić information content (AvgIpc) is 2.86. The number of fused-ring (bicyclic) bond motifs is 3. The molecule has 0 amide bonds. The van der Waals surface area contributed by atoms with Crippen molar-refractivity contribution in [1.82, 2.24) is 4.90 Å². The molecule has 0 bridgehead atoms. The fourth-order valence-electron chi connectivity index (χ4n) is 3.23. The SMILES string of the molecule is CN1C[C@H]2CC(=O)c3ccc(Cl)cc3[C@H]2C1.O=C(O)/C=C/C(=O)O. The minimum absolute atomic E-state index is 0.281. The van der Waals surface area contributed by atoms with Crippen LogP contribution in [0.3, 0.4) is 0 Å². The summed E-state index contributed by atoms with van der Waals surface area (Å²) < 4.78 is 0. The first-order valence-corrected chi connectivity index (χ1v) is 7.81. The third kappa shape index (κ3) is 4.43. The monoisotopic (exact) mass is 351 g/mol. The normalized spacial score (nSPS) is 22.5. The van der Waals surface area contributed by atoms with E-state index in [0.29, 0.717) is 30.4 Å². The van der Waals surface area contributed by atoms with Crippen LogP contribution in [0.2, 0.25) is 5.02 Å². The third-order valence-electron chi connectivity index (χ3n) is 4.15. The first-order chi connectivity index (χ1) is 11.3. The molecule has 0 saturated carbocycles. The highest BCUT2D eigenvalue weighted by molar-refractivity contribution is 6.30. The highest BCUT2D eigenvalue weighted by Gasteiger charge is 2.39. The van der Waals surface area contributed by atoms with E-state index in [1.54, 1.807) is 0 Å². The van der Waals surface area contributed by atoms with Gasteiger partial charge in [-0.1, -0.05) is 11.6 Å². The van der Waals surface area contributed by atoms with Crippen LogP contribution in [-0.4, -0.2) is 53.0 Å². The Balaban J connectivity index is 0.000000224. The molecule has 1 fully saturated rings. The van der Waals surface area contributed by atoms with E-state index in [1.807, 2.05) is 18.2 Å². The number of carboxylic acid groups (broad SMARTS) is 2. The number of rotatable bonds is 2. The van der Waals surface area contributed by atoms with E-state index in [2.05, 4.69) is 11.9 Å². The van der Waals surface area contributed by atoms with E-state index in [9.17, 15) is 14.4 Å². The molecule has 1 aromatic carbocycles. The molecule has 2 atom stereocenters.